The van der Waals surface area contributed by atoms with E-state index in [1.54, 1.807) is 0 Å². The summed E-state index contributed by atoms with van der Waals surface area (Å²) in [7, 11) is 0. The van der Waals surface area contributed by atoms with Gasteiger partial charge in [-0.3, -0.25) is 0 Å². The molecule has 0 aliphatic carbocycles. The fourth-order valence-electron chi connectivity index (χ4n) is 0.129. The van der Waals surface area contributed by atoms with Gasteiger partial charge in [-0.1, -0.05) is 0 Å². The van der Waals surface area contributed by atoms with Crippen molar-refractivity contribution in [1.29, 1.82) is 0 Å². The molecule has 2 N–H and O–H groups in total. The molecule has 0 spiro atoms. The minimum atomic E-state index is -2.61. The summed E-state index contributed by atoms with van der Waals surface area (Å²) in [4.78, 5) is 0.431. The van der Waals surface area contributed by atoms with E-state index >= 15 is 0 Å². The average Bonchev–Trinajstić information content (AvgIpc) is 1.77. The molecule has 0 fully saturated rings. The van der Waals surface area contributed by atoms with E-state index < -0.39 is 14.0 Å². The van der Waals surface area contributed by atoms with Gasteiger partial charge in [0, 0.05) is 21.3 Å². The second kappa shape index (κ2) is 3.12. The topological polar surface area (TPSA) is 29.3 Å². The number of rotatable bonds is 2. The predicted molar refractivity (Wildman–Crippen MR) is 27.6 cm³/mol. The highest BCUT2D eigenvalue weighted by molar-refractivity contribution is 4.38. The van der Waals surface area contributed by atoms with Crippen LogP contribution in [0.3, 0.4) is 0 Å². The lowest BCUT2D eigenvalue weighted by Gasteiger charge is -2.03. The molecule has 0 unspecified atom stereocenters. The minimum Gasteiger partial charge on any atom is -0.329 e. The third-order valence-electron chi connectivity index (χ3n) is 0.353. The van der Waals surface area contributed by atoms with Crippen LogP contribution in [0.4, 0.5) is 0 Å². The van der Waals surface area contributed by atoms with E-state index in [1.165, 1.54) is 0 Å². The second-order valence-corrected chi connectivity index (χ2v) is 0.940. The zero-order valence-corrected chi connectivity index (χ0v) is 3.44. The molecule has 6 heavy (non-hydrogen) atoms. The molecular formula is C4H12N2. The Hall–Kier alpha value is -0.0800. The molecule has 0 aromatic heterocycles. The molecule has 0 saturated heterocycles. The molecule has 0 saturated carbocycles. The number of nitrogens with two attached hydrogens (primary N) is 1. The standard InChI is InChI=1S/C4H12N2/c1-6(2)4-3-5/h3-5H2,1-2H3/i1D3,2D3. The molecule has 0 aromatic rings. The molecular weight excluding hydrogens is 76.1 g/mol. The van der Waals surface area contributed by atoms with E-state index in [2.05, 4.69) is 0 Å². The number of hydrogen-bond donors (Lipinski definition) is 1. The highest BCUT2D eigenvalue weighted by Crippen LogP contribution is 1.64. The van der Waals surface area contributed by atoms with Gasteiger partial charge in [-0.15, -0.1) is 0 Å². The molecule has 38 valence electrons. The lowest BCUT2D eigenvalue weighted by Crippen LogP contribution is -2.20. The van der Waals surface area contributed by atoms with Crippen molar-refractivity contribution in [1.82, 2.24) is 4.90 Å². The first-order valence-electron chi connectivity index (χ1n) is 4.67. The average molecular weight is 94.2 g/mol. The van der Waals surface area contributed by atoms with Gasteiger partial charge in [0.2, 0.25) is 0 Å². The fourth-order valence-corrected chi connectivity index (χ4v) is 0.129. The van der Waals surface area contributed by atoms with Crippen molar-refractivity contribution < 1.29 is 8.22 Å². The van der Waals surface area contributed by atoms with Gasteiger partial charge in [-0.25, -0.2) is 0 Å². The Balaban J connectivity index is 4.45. The summed E-state index contributed by atoms with van der Waals surface area (Å²) in [5, 5.41) is 0. The molecule has 0 atom stereocenters. The zero-order chi connectivity index (χ0) is 9.99. The van der Waals surface area contributed by atoms with Gasteiger partial charge in [-0.2, -0.15) is 0 Å². The third kappa shape index (κ3) is 3.92. The first kappa shape index (κ1) is 1.20. The number of likely N-dealkylation sites (N-methyl/N-ethyl adjacent to an activating group) is 1. The van der Waals surface area contributed by atoms with Crippen LogP contribution in [-0.4, -0.2) is 31.9 Å². The smallest absolute Gasteiger partial charge is 0.0394 e. The SMILES string of the molecule is [2H]C([2H])([2H])N(CCN)C([2H])([2H])[2H]. The Morgan fingerprint density at radius 2 is 2.50 bits per heavy atom. The normalized spacial score (nSPS) is 29.0. The van der Waals surface area contributed by atoms with Gasteiger partial charge in [0.15, 0.2) is 0 Å². The first-order valence-corrected chi connectivity index (χ1v) is 1.67. The van der Waals surface area contributed by atoms with Crippen molar-refractivity contribution in [3.8, 4) is 0 Å². The Morgan fingerprint density at radius 3 is 2.67 bits per heavy atom. The van der Waals surface area contributed by atoms with Crippen molar-refractivity contribution in [2.24, 2.45) is 5.73 Å². The van der Waals surface area contributed by atoms with E-state index in [4.69, 9.17) is 14.0 Å². The fraction of sp³-hybridized carbons (Fsp3) is 1.00. The zero-order valence-electron chi connectivity index (χ0n) is 9.44. The molecule has 0 rings (SSSR count). The summed E-state index contributed by atoms with van der Waals surface area (Å²) in [6.45, 7) is -5.36. The van der Waals surface area contributed by atoms with Crippen LogP contribution in [0.15, 0.2) is 0 Å². The molecule has 0 aliphatic heterocycles. The maximum atomic E-state index is 6.89. The Kier molecular flexibility index (Phi) is 0.626. The second-order valence-electron chi connectivity index (χ2n) is 0.940. The van der Waals surface area contributed by atoms with Crippen LogP contribution < -0.4 is 5.73 Å². The van der Waals surface area contributed by atoms with E-state index in [1.807, 2.05) is 0 Å². The van der Waals surface area contributed by atoms with Crippen LogP contribution in [0.1, 0.15) is 8.22 Å². The molecule has 0 bridgehead atoms. The molecule has 0 amide bonds. The monoisotopic (exact) mass is 94.1 g/mol. The third-order valence-corrected chi connectivity index (χ3v) is 0.353. The largest absolute Gasteiger partial charge is 0.329 e. The predicted octanol–water partition coefficient (Wildman–Crippen LogP) is -0.493. The highest BCUT2D eigenvalue weighted by atomic mass is 15.1. The van der Waals surface area contributed by atoms with Crippen LogP contribution in [0.2, 0.25) is 0 Å². The van der Waals surface area contributed by atoms with Crippen molar-refractivity contribution in [3.63, 3.8) is 0 Å². The summed E-state index contributed by atoms with van der Waals surface area (Å²) in [5.41, 5.74) is 5.08. The van der Waals surface area contributed by atoms with Gasteiger partial charge in [0.05, 0.1) is 0 Å². The summed E-state index contributed by atoms with van der Waals surface area (Å²) in [6, 6.07) is 0. The maximum Gasteiger partial charge on any atom is 0.0394 e. The Bertz CT molecular complexity index is 123. The van der Waals surface area contributed by atoms with Gasteiger partial charge < -0.3 is 10.6 Å². The quantitative estimate of drug-likeness (QED) is 0.500. The van der Waals surface area contributed by atoms with Gasteiger partial charge in [0.25, 0.3) is 0 Å². The molecule has 0 aliphatic rings. The van der Waals surface area contributed by atoms with E-state index in [-0.39, 0.29) is 13.1 Å². The summed E-state index contributed by atoms with van der Waals surface area (Å²) < 4.78 is 41.4. The summed E-state index contributed by atoms with van der Waals surface area (Å²) >= 11 is 0. The van der Waals surface area contributed by atoms with Crippen LogP contribution in [0.5, 0.6) is 0 Å². The Morgan fingerprint density at radius 1 is 1.83 bits per heavy atom. The van der Waals surface area contributed by atoms with Crippen molar-refractivity contribution >= 4 is 0 Å². The van der Waals surface area contributed by atoms with E-state index in [0.29, 0.717) is 4.90 Å². The number of hydrogen-bond acceptors (Lipinski definition) is 2. The molecule has 0 radical (unpaired) electrons. The van der Waals surface area contributed by atoms with Crippen LogP contribution in [0.25, 0.3) is 0 Å². The Labute approximate surface area is 47.4 Å². The highest BCUT2D eigenvalue weighted by Gasteiger charge is 1.79. The summed E-state index contributed by atoms with van der Waals surface area (Å²) in [5.74, 6) is 0. The molecule has 2 nitrogen and oxygen atoms in total. The van der Waals surface area contributed by atoms with Gasteiger partial charge in [0.1, 0.15) is 0 Å². The van der Waals surface area contributed by atoms with Crippen molar-refractivity contribution in [2.75, 3.05) is 27.0 Å². The lowest BCUT2D eigenvalue weighted by atomic mass is 10.6. The molecule has 2 heteroatoms. The van der Waals surface area contributed by atoms with Crippen LogP contribution in [0, 0.1) is 0 Å². The van der Waals surface area contributed by atoms with E-state index in [0.717, 1.165) is 0 Å². The lowest BCUT2D eigenvalue weighted by molar-refractivity contribution is 0.420. The van der Waals surface area contributed by atoms with Crippen molar-refractivity contribution in [3.05, 3.63) is 0 Å². The van der Waals surface area contributed by atoms with Gasteiger partial charge in [-0.05, 0) is 14.0 Å². The van der Waals surface area contributed by atoms with Crippen LogP contribution in [-0.2, 0) is 0 Å². The molecule has 0 heterocycles. The summed E-state index contributed by atoms with van der Waals surface area (Å²) in [6.07, 6.45) is 0. The maximum absolute atomic E-state index is 6.89. The number of nitrogens with zero attached hydrogens (tertiary/aromatic N) is 1. The molecule has 0 aromatic carbocycles. The van der Waals surface area contributed by atoms with Crippen LogP contribution >= 0.6 is 0 Å². The minimum absolute atomic E-state index is 0.0107. The van der Waals surface area contributed by atoms with Crippen molar-refractivity contribution in [2.45, 2.75) is 0 Å². The first-order chi connectivity index (χ1) is 5.19. The van der Waals surface area contributed by atoms with Gasteiger partial charge >= 0.3 is 0 Å². The van der Waals surface area contributed by atoms with E-state index in [9.17, 15) is 0 Å².